The third kappa shape index (κ3) is 1.79. The van der Waals surface area contributed by atoms with Crippen LogP contribution in [0.3, 0.4) is 0 Å². The predicted octanol–water partition coefficient (Wildman–Crippen LogP) is 2.52. The fraction of sp³-hybridized carbons (Fsp3) is 0.600. The molecule has 1 heterocycles. The van der Waals surface area contributed by atoms with E-state index in [1.54, 1.807) is 11.3 Å². The van der Waals surface area contributed by atoms with Crippen molar-refractivity contribution in [2.45, 2.75) is 31.1 Å². The molecule has 2 saturated carbocycles. The van der Waals surface area contributed by atoms with Gasteiger partial charge in [0.2, 0.25) is 0 Å². The van der Waals surface area contributed by atoms with Gasteiger partial charge < -0.3 is 9.47 Å². The number of ether oxygens (including phenoxy) is 2. The van der Waals surface area contributed by atoms with Gasteiger partial charge in [-0.15, -0.1) is 0 Å². The van der Waals surface area contributed by atoms with E-state index in [1.165, 1.54) is 14.2 Å². The van der Waals surface area contributed by atoms with Gasteiger partial charge in [0.15, 0.2) is 0 Å². The molecule has 5 heteroatoms. The van der Waals surface area contributed by atoms with Crippen molar-refractivity contribution in [1.82, 2.24) is 0 Å². The molecule has 2 fully saturated rings. The zero-order valence-corrected chi connectivity index (χ0v) is 12.5. The second-order valence-corrected chi connectivity index (χ2v) is 6.68. The van der Waals surface area contributed by atoms with E-state index in [0.29, 0.717) is 12.8 Å². The largest absolute Gasteiger partial charge is 0.469 e. The van der Waals surface area contributed by atoms with Crippen molar-refractivity contribution in [1.29, 1.82) is 0 Å². The van der Waals surface area contributed by atoms with E-state index in [0.717, 1.165) is 18.4 Å². The number of carbonyl (C=O) groups excluding carboxylic acids is 2. The Morgan fingerprint density at radius 1 is 1.30 bits per heavy atom. The Morgan fingerprint density at radius 2 is 2.05 bits per heavy atom. The van der Waals surface area contributed by atoms with E-state index < -0.39 is 5.41 Å². The summed E-state index contributed by atoms with van der Waals surface area (Å²) in [6, 6.07) is 1.97. The van der Waals surface area contributed by atoms with Crippen molar-refractivity contribution in [3.63, 3.8) is 0 Å². The molecule has 2 atom stereocenters. The van der Waals surface area contributed by atoms with Crippen molar-refractivity contribution in [2.75, 3.05) is 14.2 Å². The van der Waals surface area contributed by atoms with Crippen molar-refractivity contribution < 1.29 is 19.1 Å². The number of esters is 2. The monoisotopic (exact) mass is 294 g/mol. The normalized spacial score (nSPS) is 30.2. The summed E-state index contributed by atoms with van der Waals surface area (Å²) >= 11 is 1.56. The van der Waals surface area contributed by atoms with Crippen LogP contribution in [0.4, 0.5) is 0 Å². The summed E-state index contributed by atoms with van der Waals surface area (Å²) in [5.41, 5.74) is 0.250. The number of hydrogen-bond acceptors (Lipinski definition) is 5. The quantitative estimate of drug-likeness (QED) is 0.804. The number of rotatable bonds is 3. The molecule has 0 saturated heterocycles. The maximum absolute atomic E-state index is 12.4. The highest BCUT2D eigenvalue weighted by Gasteiger charge is 2.66. The summed E-state index contributed by atoms with van der Waals surface area (Å²) in [5.74, 6) is -0.608. The van der Waals surface area contributed by atoms with E-state index in [1.807, 2.05) is 16.8 Å². The first kappa shape index (κ1) is 13.6. The van der Waals surface area contributed by atoms with Gasteiger partial charge >= 0.3 is 11.9 Å². The van der Waals surface area contributed by atoms with Crippen LogP contribution < -0.4 is 0 Å². The third-order valence-electron chi connectivity index (χ3n) is 4.97. The van der Waals surface area contributed by atoms with Crippen LogP contribution in [0.2, 0.25) is 0 Å². The fourth-order valence-corrected chi connectivity index (χ4v) is 4.50. The average molecular weight is 294 g/mol. The van der Waals surface area contributed by atoms with E-state index in [-0.39, 0.29) is 23.3 Å². The Kier molecular flexibility index (Phi) is 3.12. The first-order valence-electron chi connectivity index (χ1n) is 6.77. The Balaban J connectivity index is 2.01. The van der Waals surface area contributed by atoms with Crippen molar-refractivity contribution >= 4 is 23.3 Å². The molecule has 0 amide bonds. The zero-order chi connectivity index (χ0) is 14.4. The lowest BCUT2D eigenvalue weighted by atomic mass is 9.79. The Hall–Kier alpha value is -1.36. The molecule has 1 spiro atoms. The molecule has 2 aliphatic carbocycles. The predicted molar refractivity (Wildman–Crippen MR) is 74.4 cm³/mol. The number of carbonyl (C=O) groups is 2. The lowest BCUT2D eigenvalue weighted by molar-refractivity contribution is -0.148. The number of thiophene rings is 1. The van der Waals surface area contributed by atoms with Gasteiger partial charge in [-0.1, -0.05) is 0 Å². The summed E-state index contributed by atoms with van der Waals surface area (Å²) in [6.07, 6.45) is 3.19. The van der Waals surface area contributed by atoms with Gasteiger partial charge in [-0.25, -0.2) is 0 Å². The fourth-order valence-electron chi connectivity index (χ4n) is 3.75. The van der Waals surface area contributed by atoms with Crippen molar-refractivity contribution in [2.24, 2.45) is 11.3 Å². The number of methoxy groups -OCH3 is 2. The molecule has 0 bridgehead atoms. The van der Waals surface area contributed by atoms with Crippen LogP contribution in [-0.4, -0.2) is 26.2 Å². The minimum atomic E-state index is -0.676. The molecule has 20 heavy (non-hydrogen) atoms. The molecule has 1 aromatic heterocycles. The lowest BCUT2D eigenvalue weighted by Gasteiger charge is -2.25. The summed E-state index contributed by atoms with van der Waals surface area (Å²) in [7, 11) is 2.84. The lowest BCUT2D eigenvalue weighted by Crippen LogP contribution is -2.34. The first-order chi connectivity index (χ1) is 9.58. The molecule has 0 N–H and O–H groups in total. The van der Waals surface area contributed by atoms with Gasteiger partial charge in [-0.05, 0) is 53.5 Å². The standard InChI is InChI=1S/C15H18O4S/c1-18-12(16)11-7-15(13(17)19-2,9-14(11)4-5-14)10-3-6-20-8-10/h3,6,8,11H,4-5,7,9H2,1-2H3/t11-,15+/m1/s1. The molecule has 0 aliphatic heterocycles. The van der Waals surface area contributed by atoms with Crippen molar-refractivity contribution in [3.05, 3.63) is 22.4 Å². The molecule has 0 aromatic carbocycles. The Bertz CT molecular complexity index is 532. The molecule has 1 aromatic rings. The van der Waals surface area contributed by atoms with Gasteiger partial charge in [0.25, 0.3) is 0 Å². The molecule has 0 unspecified atom stereocenters. The second kappa shape index (κ2) is 4.58. The summed E-state index contributed by atoms with van der Waals surface area (Å²) in [4.78, 5) is 24.5. The van der Waals surface area contributed by atoms with Crippen LogP contribution in [0.5, 0.6) is 0 Å². The maximum atomic E-state index is 12.4. The molecule has 2 aliphatic rings. The van der Waals surface area contributed by atoms with Gasteiger partial charge in [0.05, 0.1) is 25.6 Å². The molecule has 4 nitrogen and oxygen atoms in total. The molecular weight excluding hydrogens is 276 g/mol. The minimum Gasteiger partial charge on any atom is -0.469 e. The topological polar surface area (TPSA) is 52.6 Å². The maximum Gasteiger partial charge on any atom is 0.316 e. The van der Waals surface area contributed by atoms with Crippen LogP contribution in [-0.2, 0) is 24.5 Å². The summed E-state index contributed by atoms with van der Waals surface area (Å²) in [5, 5.41) is 3.96. The van der Waals surface area contributed by atoms with Gasteiger partial charge in [0.1, 0.15) is 0 Å². The molecule has 0 radical (unpaired) electrons. The Morgan fingerprint density at radius 3 is 2.55 bits per heavy atom. The van der Waals surface area contributed by atoms with Gasteiger partial charge in [-0.3, -0.25) is 9.59 Å². The smallest absolute Gasteiger partial charge is 0.316 e. The van der Waals surface area contributed by atoms with E-state index in [4.69, 9.17) is 9.47 Å². The van der Waals surface area contributed by atoms with E-state index in [9.17, 15) is 9.59 Å². The minimum absolute atomic E-state index is 0.0524. The highest BCUT2D eigenvalue weighted by molar-refractivity contribution is 7.08. The molecular formula is C15H18O4S. The highest BCUT2D eigenvalue weighted by Crippen LogP contribution is 2.67. The van der Waals surface area contributed by atoms with Gasteiger partial charge in [-0.2, -0.15) is 11.3 Å². The highest BCUT2D eigenvalue weighted by atomic mass is 32.1. The molecule has 108 valence electrons. The van der Waals surface area contributed by atoms with Crippen molar-refractivity contribution in [3.8, 4) is 0 Å². The molecule has 3 rings (SSSR count). The van der Waals surface area contributed by atoms with Crippen LogP contribution in [0, 0.1) is 11.3 Å². The van der Waals surface area contributed by atoms with Gasteiger partial charge in [0, 0.05) is 0 Å². The second-order valence-electron chi connectivity index (χ2n) is 5.90. The third-order valence-corrected chi connectivity index (χ3v) is 5.66. The average Bonchev–Trinajstić information content (AvgIpc) is 2.92. The van der Waals surface area contributed by atoms with Crippen LogP contribution in [0.15, 0.2) is 16.8 Å². The van der Waals surface area contributed by atoms with E-state index >= 15 is 0 Å². The van der Waals surface area contributed by atoms with E-state index in [2.05, 4.69) is 0 Å². The summed E-state index contributed by atoms with van der Waals surface area (Å²) < 4.78 is 10.0. The van der Waals surface area contributed by atoms with Crippen LogP contribution >= 0.6 is 11.3 Å². The van der Waals surface area contributed by atoms with Crippen LogP contribution in [0.25, 0.3) is 0 Å². The van der Waals surface area contributed by atoms with Crippen LogP contribution in [0.1, 0.15) is 31.2 Å². The Labute approximate surface area is 122 Å². The first-order valence-corrected chi connectivity index (χ1v) is 7.71. The SMILES string of the molecule is COC(=O)[C@H]1C[C@@](C(=O)OC)(c2ccsc2)CC12CC2. The summed E-state index contributed by atoms with van der Waals surface area (Å²) in [6.45, 7) is 0. The number of hydrogen-bond donors (Lipinski definition) is 0. The zero-order valence-electron chi connectivity index (χ0n) is 11.7.